The van der Waals surface area contributed by atoms with Gasteiger partial charge in [-0.05, 0) is 0 Å². The number of ether oxygens (including phenoxy) is 1. The van der Waals surface area contributed by atoms with Crippen molar-refractivity contribution in [1.82, 2.24) is 0 Å². The maximum Gasteiger partial charge on any atom is 0.534 e. The molecule has 1 N–H and O–H groups in total. The predicted octanol–water partition coefficient (Wildman–Crippen LogP) is 2.17. The maximum atomic E-state index is 12.4. The van der Waals surface area contributed by atoms with Gasteiger partial charge in [0.15, 0.2) is 0 Å². The Morgan fingerprint density at radius 2 is 1.62 bits per heavy atom. The molecule has 0 amide bonds. The smallest absolute Gasteiger partial charge is 0.508 e. The van der Waals surface area contributed by atoms with Crippen molar-refractivity contribution >= 4 is 23.4 Å². The summed E-state index contributed by atoms with van der Waals surface area (Å²) in [5, 5.41) is 9.73. The Hall–Kier alpha value is -1.42. The first-order chi connectivity index (χ1) is 9.29. The van der Waals surface area contributed by atoms with Gasteiger partial charge in [-0.2, -0.15) is 21.6 Å². The standard InChI is InChI=1S/C11H15F3O5SSi/c1-18-8-5-7(15)6-9(10(8)21(2,3)4)19-20(16,17)11(12,13)14/h5-6,15H,1-4H3. The molecular formula is C11H15F3O5SSi. The molecule has 120 valence electrons. The SMILES string of the molecule is COc1cc(O)cc(OS(=O)(=O)C(F)(F)F)c1[Si](C)(C)C. The van der Waals surface area contributed by atoms with E-state index in [9.17, 15) is 26.7 Å². The van der Waals surface area contributed by atoms with Gasteiger partial charge < -0.3 is 14.0 Å². The van der Waals surface area contributed by atoms with E-state index in [2.05, 4.69) is 4.18 Å². The Labute approximate surface area is 121 Å². The van der Waals surface area contributed by atoms with E-state index in [1.807, 2.05) is 0 Å². The lowest BCUT2D eigenvalue weighted by Gasteiger charge is -2.23. The summed E-state index contributed by atoms with van der Waals surface area (Å²) in [5.74, 6) is -0.939. The minimum Gasteiger partial charge on any atom is -0.508 e. The summed E-state index contributed by atoms with van der Waals surface area (Å²) in [5.41, 5.74) is -5.55. The van der Waals surface area contributed by atoms with E-state index in [4.69, 9.17) is 4.74 Å². The summed E-state index contributed by atoms with van der Waals surface area (Å²) in [6.07, 6.45) is 0. The fourth-order valence-electron chi connectivity index (χ4n) is 1.71. The van der Waals surface area contributed by atoms with Gasteiger partial charge in [-0.15, -0.1) is 0 Å². The summed E-state index contributed by atoms with van der Waals surface area (Å²) in [4.78, 5) is 0. The van der Waals surface area contributed by atoms with Gasteiger partial charge >= 0.3 is 15.6 Å². The zero-order valence-corrected chi connectivity index (χ0v) is 13.6. The second kappa shape index (κ2) is 5.41. The van der Waals surface area contributed by atoms with E-state index >= 15 is 0 Å². The molecule has 0 aliphatic heterocycles. The zero-order valence-electron chi connectivity index (χ0n) is 11.8. The Morgan fingerprint density at radius 1 is 1.14 bits per heavy atom. The third kappa shape index (κ3) is 3.82. The molecule has 0 aromatic heterocycles. The molecule has 0 saturated heterocycles. The highest BCUT2D eigenvalue weighted by molar-refractivity contribution is 7.88. The van der Waals surface area contributed by atoms with Crippen molar-refractivity contribution in [3.8, 4) is 17.2 Å². The molecule has 0 unspecified atom stereocenters. The Morgan fingerprint density at radius 3 is 2.00 bits per heavy atom. The third-order valence-corrected chi connectivity index (χ3v) is 5.46. The summed E-state index contributed by atoms with van der Waals surface area (Å²) >= 11 is 0. The summed E-state index contributed by atoms with van der Waals surface area (Å²) in [7, 11) is -6.87. The number of phenols is 1. The summed E-state index contributed by atoms with van der Waals surface area (Å²) < 4.78 is 68.8. The summed E-state index contributed by atoms with van der Waals surface area (Å²) in [6.45, 7) is 5.32. The highest BCUT2D eigenvalue weighted by Gasteiger charge is 2.49. The topological polar surface area (TPSA) is 72.8 Å². The molecule has 0 fully saturated rings. The van der Waals surface area contributed by atoms with Crippen LogP contribution < -0.4 is 14.1 Å². The monoisotopic (exact) mass is 344 g/mol. The number of rotatable bonds is 4. The molecule has 1 aromatic carbocycles. The summed E-state index contributed by atoms with van der Waals surface area (Å²) in [6, 6.07) is 2.03. The molecule has 10 heteroatoms. The molecule has 1 aromatic rings. The molecule has 0 heterocycles. The fourth-order valence-corrected chi connectivity index (χ4v) is 4.02. The van der Waals surface area contributed by atoms with Gasteiger partial charge in [0.25, 0.3) is 0 Å². The van der Waals surface area contributed by atoms with E-state index in [0.717, 1.165) is 6.07 Å². The predicted molar refractivity (Wildman–Crippen MR) is 73.2 cm³/mol. The number of benzene rings is 1. The minimum atomic E-state index is -5.82. The molecule has 21 heavy (non-hydrogen) atoms. The molecule has 0 aliphatic carbocycles. The first-order valence-electron chi connectivity index (χ1n) is 5.72. The molecule has 0 radical (unpaired) electrons. The second-order valence-electron chi connectivity index (χ2n) is 5.25. The molecular weight excluding hydrogens is 329 g/mol. The lowest BCUT2D eigenvalue weighted by atomic mass is 10.3. The van der Waals surface area contributed by atoms with E-state index in [0.29, 0.717) is 0 Å². The molecule has 0 bridgehead atoms. The van der Waals surface area contributed by atoms with Crippen LogP contribution in [-0.4, -0.2) is 34.2 Å². The molecule has 0 aliphatic rings. The van der Waals surface area contributed by atoms with Crippen LogP contribution in [0.4, 0.5) is 13.2 Å². The quantitative estimate of drug-likeness (QED) is 0.515. The number of halogens is 3. The number of methoxy groups -OCH3 is 1. The van der Waals surface area contributed by atoms with Gasteiger partial charge in [-0.1, -0.05) is 19.6 Å². The van der Waals surface area contributed by atoms with Crippen molar-refractivity contribution in [2.24, 2.45) is 0 Å². The van der Waals surface area contributed by atoms with E-state index in [1.165, 1.54) is 13.2 Å². The van der Waals surface area contributed by atoms with E-state index in [1.54, 1.807) is 19.6 Å². The molecule has 0 atom stereocenters. The highest BCUT2D eigenvalue weighted by Crippen LogP contribution is 2.32. The molecule has 5 nitrogen and oxygen atoms in total. The highest BCUT2D eigenvalue weighted by atomic mass is 32.2. The van der Waals surface area contributed by atoms with Crippen molar-refractivity contribution < 1.29 is 35.6 Å². The van der Waals surface area contributed by atoms with Gasteiger partial charge in [0.2, 0.25) is 0 Å². The Bertz CT molecular complexity index is 634. The van der Waals surface area contributed by atoms with Gasteiger partial charge in [0.05, 0.1) is 15.2 Å². The first kappa shape index (κ1) is 17.6. The van der Waals surface area contributed by atoms with Crippen molar-refractivity contribution in [1.29, 1.82) is 0 Å². The van der Waals surface area contributed by atoms with Crippen LogP contribution in [-0.2, 0) is 10.1 Å². The Balaban J connectivity index is 3.53. The van der Waals surface area contributed by atoms with Crippen LogP contribution in [0.1, 0.15) is 0 Å². The average Bonchev–Trinajstić information content (AvgIpc) is 2.23. The number of alkyl halides is 3. The van der Waals surface area contributed by atoms with Gasteiger partial charge in [0, 0.05) is 17.3 Å². The van der Waals surface area contributed by atoms with Crippen LogP contribution in [0.15, 0.2) is 12.1 Å². The van der Waals surface area contributed by atoms with Gasteiger partial charge in [-0.25, -0.2) is 0 Å². The van der Waals surface area contributed by atoms with Crippen molar-refractivity contribution in [2.45, 2.75) is 25.1 Å². The van der Waals surface area contributed by atoms with E-state index < -0.39 is 35.2 Å². The Kier molecular flexibility index (Phi) is 4.54. The van der Waals surface area contributed by atoms with Crippen LogP contribution in [0, 0.1) is 0 Å². The number of phenolic OH excluding ortho intramolecular Hbond substituents is 1. The van der Waals surface area contributed by atoms with Gasteiger partial charge in [-0.3, -0.25) is 0 Å². The lowest BCUT2D eigenvalue weighted by molar-refractivity contribution is -0.0499. The maximum absolute atomic E-state index is 12.4. The van der Waals surface area contributed by atoms with Gasteiger partial charge in [0.1, 0.15) is 17.2 Å². The minimum absolute atomic E-state index is 0.0848. The number of hydrogen-bond donors (Lipinski definition) is 1. The third-order valence-electron chi connectivity index (χ3n) is 2.50. The first-order valence-corrected chi connectivity index (χ1v) is 10.6. The van der Waals surface area contributed by atoms with Crippen molar-refractivity contribution in [3.05, 3.63) is 12.1 Å². The van der Waals surface area contributed by atoms with Crippen LogP contribution in [0.3, 0.4) is 0 Å². The zero-order chi connectivity index (χ0) is 16.6. The normalized spacial score (nSPS) is 13.1. The van der Waals surface area contributed by atoms with E-state index in [-0.39, 0.29) is 10.9 Å². The number of hydrogen-bond acceptors (Lipinski definition) is 5. The largest absolute Gasteiger partial charge is 0.534 e. The average molecular weight is 344 g/mol. The van der Waals surface area contributed by atoms with Crippen molar-refractivity contribution in [2.75, 3.05) is 7.11 Å². The van der Waals surface area contributed by atoms with Crippen LogP contribution in [0.5, 0.6) is 17.2 Å². The van der Waals surface area contributed by atoms with Crippen LogP contribution >= 0.6 is 0 Å². The number of aromatic hydroxyl groups is 1. The second-order valence-corrected chi connectivity index (χ2v) is 11.8. The van der Waals surface area contributed by atoms with Crippen molar-refractivity contribution in [3.63, 3.8) is 0 Å². The molecule has 0 spiro atoms. The van der Waals surface area contributed by atoms with Crippen LogP contribution in [0.2, 0.25) is 19.6 Å². The lowest BCUT2D eigenvalue weighted by Crippen LogP contribution is -2.41. The molecule has 1 rings (SSSR count). The fraction of sp³-hybridized carbons (Fsp3) is 0.455. The molecule has 0 saturated carbocycles. The van der Waals surface area contributed by atoms with Crippen LogP contribution in [0.25, 0.3) is 0 Å².